The number of nitro benzene ring substituents is 1. The number of nitrogens with zero attached hydrogens (tertiary/aromatic N) is 2. The molecule has 0 saturated heterocycles. The molecule has 5 rings (SSSR count). The van der Waals surface area contributed by atoms with Crippen LogP contribution in [0.25, 0.3) is 21.8 Å². The highest BCUT2D eigenvalue weighted by Gasteiger charge is 2.34. The SMILES string of the molecule is O=C1NC(=O)c2c1c(CO)cc1c2c2ccccc2n1Cc1ccccc1[N+](=O)[O-]. The molecule has 3 aromatic carbocycles. The molecule has 8 heteroatoms. The van der Waals surface area contributed by atoms with Gasteiger partial charge in [0.25, 0.3) is 17.5 Å². The lowest BCUT2D eigenvalue weighted by atomic mass is 9.97. The minimum Gasteiger partial charge on any atom is -0.392 e. The van der Waals surface area contributed by atoms with E-state index < -0.39 is 23.3 Å². The molecule has 0 spiro atoms. The van der Waals surface area contributed by atoms with Gasteiger partial charge in [0.1, 0.15) is 0 Å². The van der Waals surface area contributed by atoms with Crippen molar-refractivity contribution in [3.05, 3.63) is 87.0 Å². The molecule has 148 valence electrons. The molecule has 2 heterocycles. The van der Waals surface area contributed by atoms with E-state index in [0.29, 0.717) is 22.0 Å². The summed E-state index contributed by atoms with van der Waals surface area (Å²) >= 11 is 0. The molecular formula is C22H15N3O5. The molecule has 2 N–H and O–H groups in total. The minimum atomic E-state index is -0.531. The second kappa shape index (κ2) is 6.50. The predicted octanol–water partition coefficient (Wildman–Crippen LogP) is 3.13. The topological polar surface area (TPSA) is 114 Å². The highest BCUT2D eigenvalue weighted by molar-refractivity contribution is 6.30. The summed E-state index contributed by atoms with van der Waals surface area (Å²) in [5.74, 6) is -1.04. The molecular weight excluding hydrogens is 386 g/mol. The Bertz CT molecular complexity index is 1400. The van der Waals surface area contributed by atoms with Crippen LogP contribution in [0.2, 0.25) is 0 Å². The molecule has 30 heavy (non-hydrogen) atoms. The van der Waals surface area contributed by atoms with Gasteiger partial charge in [0.2, 0.25) is 0 Å². The predicted molar refractivity (Wildman–Crippen MR) is 109 cm³/mol. The number of carbonyl (C=O) groups excluding carboxylic acids is 2. The molecule has 1 aromatic heterocycles. The second-order valence-corrected chi connectivity index (χ2v) is 7.11. The van der Waals surface area contributed by atoms with Gasteiger partial charge in [-0.05, 0) is 17.7 Å². The molecule has 0 atom stereocenters. The fourth-order valence-corrected chi connectivity index (χ4v) is 4.26. The van der Waals surface area contributed by atoms with E-state index in [0.717, 1.165) is 10.9 Å². The monoisotopic (exact) mass is 401 g/mol. The molecule has 0 bridgehead atoms. The summed E-state index contributed by atoms with van der Waals surface area (Å²) in [6, 6.07) is 15.6. The number of benzene rings is 3. The molecule has 1 aliphatic rings. The van der Waals surface area contributed by atoms with E-state index in [1.807, 2.05) is 28.8 Å². The standard InChI is InChI=1S/C22H15N3O5/c26-11-13-9-17-19(20-18(13)21(27)23-22(20)28)14-6-2-4-8-16(14)24(17)10-12-5-1-3-7-15(12)25(29)30/h1-9,26H,10-11H2,(H,23,27,28). The van der Waals surface area contributed by atoms with Crippen LogP contribution in [-0.4, -0.2) is 26.4 Å². The number of imide groups is 1. The molecule has 8 nitrogen and oxygen atoms in total. The Balaban J connectivity index is 1.88. The molecule has 0 unspecified atom stereocenters. The maximum atomic E-state index is 12.6. The summed E-state index contributed by atoms with van der Waals surface area (Å²) in [5, 5.41) is 25.0. The van der Waals surface area contributed by atoms with Gasteiger partial charge in [0, 0.05) is 27.9 Å². The van der Waals surface area contributed by atoms with Crippen molar-refractivity contribution in [3.8, 4) is 0 Å². The fraction of sp³-hybridized carbons (Fsp3) is 0.0909. The third-order valence-corrected chi connectivity index (χ3v) is 5.51. The van der Waals surface area contributed by atoms with Gasteiger partial charge in [0.05, 0.1) is 34.7 Å². The van der Waals surface area contributed by atoms with E-state index >= 15 is 0 Å². The van der Waals surface area contributed by atoms with Crippen LogP contribution in [0.4, 0.5) is 5.69 Å². The van der Waals surface area contributed by atoms with Crippen LogP contribution in [0.5, 0.6) is 0 Å². The molecule has 1 aliphatic heterocycles. The van der Waals surface area contributed by atoms with Crippen molar-refractivity contribution in [2.24, 2.45) is 0 Å². The second-order valence-electron chi connectivity index (χ2n) is 7.11. The molecule has 0 saturated carbocycles. The van der Waals surface area contributed by atoms with Crippen LogP contribution >= 0.6 is 0 Å². The Morgan fingerprint density at radius 1 is 0.933 bits per heavy atom. The number of nitro groups is 1. The van der Waals surface area contributed by atoms with Gasteiger partial charge in [-0.15, -0.1) is 0 Å². The van der Waals surface area contributed by atoms with Gasteiger partial charge in [-0.2, -0.15) is 0 Å². The molecule has 4 aromatic rings. The first-order valence-corrected chi connectivity index (χ1v) is 9.27. The minimum absolute atomic E-state index is 0.0000985. The van der Waals surface area contributed by atoms with E-state index in [1.54, 1.807) is 24.3 Å². The van der Waals surface area contributed by atoms with Crippen molar-refractivity contribution < 1.29 is 19.6 Å². The van der Waals surface area contributed by atoms with E-state index in [4.69, 9.17) is 0 Å². The van der Waals surface area contributed by atoms with Crippen LogP contribution < -0.4 is 5.32 Å². The lowest BCUT2D eigenvalue weighted by molar-refractivity contribution is -0.385. The Kier molecular flexibility index (Phi) is 3.90. The largest absolute Gasteiger partial charge is 0.392 e. The number of aliphatic hydroxyl groups excluding tert-OH is 1. The van der Waals surface area contributed by atoms with Gasteiger partial charge >= 0.3 is 0 Å². The Labute approximate surface area is 169 Å². The maximum absolute atomic E-state index is 12.6. The first-order valence-electron chi connectivity index (χ1n) is 9.27. The number of para-hydroxylation sites is 2. The number of carbonyl (C=O) groups is 2. The highest BCUT2D eigenvalue weighted by Crippen LogP contribution is 2.38. The van der Waals surface area contributed by atoms with Gasteiger partial charge in [-0.1, -0.05) is 36.4 Å². The van der Waals surface area contributed by atoms with Crippen LogP contribution in [-0.2, 0) is 13.2 Å². The van der Waals surface area contributed by atoms with E-state index in [-0.39, 0.29) is 23.4 Å². The zero-order valence-corrected chi connectivity index (χ0v) is 15.6. The van der Waals surface area contributed by atoms with Crippen molar-refractivity contribution >= 4 is 39.3 Å². The Morgan fingerprint density at radius 3 is 2.40 bits per heavy atom. The normalized spacial score (nSPS) is 13.1. The van der Waals surface area contributed by atoms with Crippen LogP contribution in [0.3, 0.4) is 0 Å². The van der Waals surface area contributed by atoms with Crippen molar-refractivity contribution in [3.63, 3.8) is 0 Å². The third kappa shape index (κ3) is 2.44. The average Bonchev–Trinajstić information content (AvgIpc) is 3.22. The Hall–Kier alpha value is -4.04. The number of nitrogens with one attached hydrogen (secondary N) is 1. The molecule has 0 radical (unpaired) electrons. The third-order valence-electron chi connectivity index (χ3n) is 5.51. The number of hydrogen-bond donors (Lipinski definition) is 2. The van der Waals surface area contributed by atoms with E-state index in [2.05, 4.69) is 5.32 Å². The average molecular weight is 401 g/mol. The molecule has 0 aliphatic carbocycles. The van der Waals surface area contributed by atoms with E-state index in [1.165, 1.54) is 6.07 Å². The van der Waals surface area contributed by atoms with Crippen LogP contribution in [0, 0.1) is 10.1 Å². The molecule has 2 amide bonds. The summed E-state index contributed by atoms with van der Waals surface area (Å²) in [7, 11) is 0. The smallest absolute Gasteiger partial charge is 0.274 e. The first kappa shape index (κ1) is 18.0. The summed E-state index contributed by atoms with van der Waals surface area (Å²) in [6.45, 7) is -0.216. The zero-order chi connectivity index (χ0) is 21.0. The summed E-state index contributed by atoms with van der Waals surface area (Å²) in [5.41, 5.74) is 2.67. The quantitative estimate of drug-likeness (QED) is 0.310. The molecule has 0 fully saturated rings. The van der Waals surface area contributed by atoms with Crippen molar-refractivity contribution in [2.75, 3.05) is 0 Å². The number of amides is 2. The number of aliphatic hydroxyl groups is 1. The lowest BCUT2D eigenvalue weighted by Crippen LogP contribution is -2.20. The number of aromatic nitrogens is 1. The van der Waals surface area contributed by atoms with Crippen LogP contribution in [0.15, 0.2) is 54.6 Å². The summed E-state index contributed by atoms with van der Waals surface area (Å²) in [6.07, 6.45) is 0. The maximum Gasteiger partial charge on any atom is 0.274 e. The number of rotatable bonds is 4. The van der Waals surface area contributed by atoms with Gasteiger partial charge in [0.15, 0.2) is 0 Å². The fourth-order valence-electron chi connectivity index (χ4n) is 4.26. The van der Waals surface area contributed by atoms with E-state index in [9.17, 15) is 24.8 Å². The first-order chi connectivity index (χ1) is 14.5. The zero-order valence-electron chi connectivity index (χ0n) is 15.6. The van der Waals surface area contributed by atoms with Crippen molar-refractivity contribution in [1.29, 1.82) is 0 Å². The summed E-state index contributed by atoms with van der Waals surface area (Å²) < 4.78 is 1.88. The Morgan fingerprint density at radius 2 is 1.63 bits per heavy atom. The van der Waals surface area contributed by atoms with Crippen molar-refractivity contribution in [1.82, 2.24) is 9.88 Å². The van der Waals surface area contributed by atoms with Crippen molar-refractivity contribution in [2.45, 2.75) is 13.2 Å². The van der Waals surface area contributed by atoms with Gasteiger partial charge in [-0.25, -0.2) is 0 Å². The van der Waals surface area contributed by atoms with Gasteiger partial charge < -0.3 is 9.67 Å². The van der Waals surface area contributed by atoms with Crippen LogP contribution in [0.1, 0.15) is 31.8 Å². The number of fused-ring (bicyclic) bond motifs is 5. The number of hydrogen-bond acceptors (Lipinski definition) is 5. The highest BCUT2D eigenvalue weighted by atomic mass is 16.6. The van der Waals surface area contributed by atoms with Gasteiger partial charge in [-0.3, -0.25) is 25.0 Å². The summed E-state index contributed by atoms with van der Waals surface area (Å²) in [4.78, 5) is 36.0. The lowest BCUT2D eigenvalue weighted by Gasteiger charge is -2.10.